The average Bonchev–Trinajstić information content (AvgIpc) is 2.46. The Hall–Kier alpha value is -0.820. The maximum absolute atomic E-state index is 10.3. The van der Waals surface area contributed by atoms with E-state index in [1.54, 1.807) is 0 Å². The Kier molecular flexibility index (Phi) is 5.91. The van der Waals surface area contributed by atoms with Crippen LogP contribution in [0.25, 0.3) is 0 Å². The Morgan fingerprint density at radius 1 is 1.21 bits per heavy atom. The molecule has 1 aromatic carbocycles. The summed E-state index contributed by atoms with van der Waals surface area (Å²) in [6.07, 6.45) is 11.1. The topological polar surface area (TPSA) is 20.2 Å². The van der Waals surface area contributed by atoms with Gasteiger partial charge in [0.25, 0.3) is 0 Å². The zero-order valence-electron chi connectivity index (χ0n) is 12.3. The highest BCUT2D eigenvalue weighted by Gasteiger charge is 2.16. The molecule has 0 amide bonds. The predicted molar refractivity (Wildman–Crippen MR) is 81.2 cm³/mol. The maximum Gasteiger partial charge on any atom is 0.0790 e. The van der Waals surface area contributed by atoms with Crippen LogP contribution < -0.4 is 0 Å². The summed E-state index contributed by atoms with van der Waals surface area (Å²) in [5.74, 6) is 0.863. The number of aliphatic hydroxyl groups is 1. The summed E-state index contributed by atoms with van der Waals surface area (Å²) in [6.45, 7) is 2.20. The molecule has 0 saturated heterocycles. The molecule has 1 aromatic rings. The number of aryl methyl sites for hydroxylation is 1. The molecule has 1 unspecified atom stereocenters. The van der Waals surface area contributed by atoms with Crippen molar-refractivity contribution < 1.29 is 5.11 Å². The number of hydrogen-bond acceptors (Lipinski definition) is 1. The summed E-state index contributed by atoms with van der Waals surface area (Å²) >= 11 is 0. The molecule has 0 heterocycles. The molecule has 1 aliphatic carbocycles. The van der Waals surface area contributed by atoms with Gasteiger partial charge in [-0.25, -0.2) is 0 Å². The summed E-state index contributed by atoms with van der Waals surface area (Å²) < 4.78 is 0. The fraction of sp³-hybridized carbons (Fsp3) is 0.667. The van der Waals surface area contributed by atoms with E-state index in [1.165, 1.54) is 50.5 Å². The van der Waals surface area contributed by atoms with Crippen LogP contribution in [0, 0.1) is 5.92 Å². The second kappa shape index (κ2) is 7.69. The van der Waals surface area contributed by atoms with E-state index in [2.05, 4.69) is 31.2 Å². The molecule has 1 atom stereocenters. The van der Waals surface area contributed by atoms with Gasteiger partial charge in [0.2, 0.25) is 0 Å². The third kappa shape index (κ3) is 4.65. The van der Waals surface area contributed by atoms with Gasteiger partial charge >= 0.3 is 0 Å². The summed E-state index contributed by atoms with van der Waals surface area (Å²) in [5.41, 5.74) is 2.47. The number of benzene rings is 1. The van der Waals surface area contributed by atoms with E-state index in [4.69, 9.17) is 0 Å². The van der Waals surface area contributed by atoms with E-state index >= 15 is 0 Å². The fourth-order valence-electron chi connectivity index (χ4n) is 3.28. The minimum absolute atomic E-state index is 0.265. The minimum Gasteiger partial charge on any atom is -0.388 e. The van der Waals surface area contributed by atoms with E-state index in [0.29, 0.717) is 0 Å². The third-order valence-electron chi connectivity index (χ3n) is 4.45. The summed E-state index contributed by atoms with van der Waals surface area (Å²) in [6, 6.07) is 8.52. The van der Waals surface area contributed by atoms with E-state index < -0.39 is 0 Å². The van der Waals surface area contributed by atoms with Crippen LogP contribution in [0.4, 0.5) is 0 Å². The number of hydrogen-bond donors (Lipinski definition) is 1. The average molecular weight is 260 g/mol. The molecule has 0 aliphatic heterocycles. The van der Waals surface area contributed by atoms with Crippen LogP contribution in [-0.2, 0) is 6.42 Å². The minimum atomic E-state index is -0.265. The van der Waals surface area contributed by atoms with Crippen molar-refractivity contribution in [2.24, 2.45) is 5.92 Å². The first-order chi connectivity index (χ1) is 9.29. The monoisotopic (exact) mass is 260 g/mol. The van der Waals surface area contributed by atoms with E-state index in [1.807, 2.05) is 0 Å². The molecule has 0 bridgehead atoms. The van der Waals surface area contributed by atoms with Gasteiger partial charge in [-0.1, -0.05) is 69.7 Å². The molecule has 1 aliphatic rings. The lowest BCUT2D eigenvalue weighted by Crippen LogP contribution is -2.08. The molecule has 1 N–H and O–H groups in total. The normalized spacial score (nSPS) is 18.4. The van der Waals surface area contributed by atoms with Crippen LogP contribution in [0.2, 0.25) is 0 Å². The summed E-state index contributed by atoms with van der Waals surface area (Å²) in [7, 11) is 0. The van der Waals surface area contributed by atoms with Gasteiger partial charge < -0.3 is 5.11 Å². The summed E-state index contributed by atoms with van der Waals surface area (Å²) in [5, 5.41) is 10.3. The van der Waals surface area contributed by atoms with E-state index in [9.17, 15) is 5.11 Å². The van der Waals surface area contributed by atoms with E-state index in [0.717, 1.165) is 24.3 Å². The molecule has 1 fully saturated rings. The lowest BCUT2D eigenvalue weighted by molar-refractivity contribution is 0.151. The van der Waals surface area contributed by atoms with Gasteiger partial charge in [0.15, 0.2) is 0 Å². The highest BCUT2D eigenvalue weighted by Crippen LogP contribution is 2.30. The Morgan fingerprint density at radius 2 is 2.00 bits per heavy atom. The lowest BCUT2D eigenvalue weighted by Gasteiger charge is -2.22. The molecular formula is C18H28O. The smallest absolute Gasteiger partial charge is 0.0790 e. The van der Waals surface area contributed by atoms with Crippen molar-refractivity contribution >= 4 is 0 Å². The Morgan fingerprint density at radius 3 is 2.74 bits per heavy atom. The zero-order chi connectivity index (χ0) is 13.5. The van der Waals surface area contributed by atoms with Gasteiger partial charge in [-0.15, -0.1) is 0 Å². The second-order valence-corrected chi connectivity index (χ2v) is 6.09. The van der Waals surface area contributed by atoms with Gasteiger partial charge in [0.1, 0.15) is 0 Å². The Bertz CT molecular complexity index is 366. The van der Waals surface area contributed by atoms with Gasteiger partial charge in [0.05, 0.1) is 6.10 Å². The fourth-order valence-corrected chi connectivity index (χ4v) is 3.28. The van der Waals surface area contributed by atoms with Crippen molar-refractivity contribution in [1.29, 1.82) is 0 Å². The highest BCUT2D eigenvalue weighted by molar-refractivity contribution is 5.25. The molecule has 0 spiro atoms. The van der Waals surface area contributed by atoms with Gasteiger partial charge in [-0.3, -0.25) is 0 Å². The van der Waals surface area contributed by atoms with Gasteiger partial charge in [-0.05, 0) is 36.3 Å². The first-order valence-corrected chi connectivity index (χ1v) is 8.06. The van der Waals surface area contributed by atoms with Crippen molar-refractivity contribution in [2.45, 2.75) is 70.8 Å². The second-order valence-electron chi connectivity index (χ2n) is 6.09. The highest BCUT2D eigenvalue weighted by atomic mass is 16.3. The zero-order valence-corrected chi connectivity index (χ0v) is 12.3. The van der Waals surface area contributed by atoms with Crippen LogP contribution in [0.15, 0.2) is 24.3 Å². The number of aliphatic hydroxyl groups excluding tert-OH is 1. The van der Waals surface area contributed by atoms with Crippen LogP contribution in [-0.4, -0.2) is 5.11 Å². The van der Waals surface area contributed by atoms with Crippen molar-refractivity contribution in [2.75, 3.05) is 0 Å². The third-order valence-corrected chi connectivity index (χ3v) is 4.45. The lowest BCUT2D eigenvalue weighted by atomic mass is 9.85. The molecule has 19 heavy (non-hydrogen) atoms. The van der Waals surface area contributed by atoms with Gasteiger partial charge in [0, 0.05) is 0 Å². The van der Waals surface area contributed by atoms with Gasteiger partial charge in [-0.2, -0.15) is 0 Å². The van der Waals surface area contributed by atoms with Crippen molar-refractivity contribution in [3.63, 3.8) is 0 Å². The van der Waals surface area contributed by atoms with Crippen molar-refractivity contribution in [3.05, 3.63) is 35.4 Å². The van der Waals surface area contributed by atoms with Crippen LogP contribution in [0.5, 0.6) is 0 Å². The quantitative estimate of drug-likeness (QED) is 0.760. The molecule has 1 saturated carbocycles. The molecule has 0 radical (unpaired) electrons. The van der Waals surface area contributed by atoms with Crippen molar-refractivity contribution in [3.8, 4) is 0 Å². The summed E-state index contributed by atoms with van der Waals surface area (Å²) in [4.78, 5) is 0. The molecule has 1 nitrogen and oxygen atoms in total. The predicted octanol–water partition coefficient (Wildman–Crippen LogP) is 5.03. The van der Waals surface area contributed by atoms with Crippen LogP contribution >= 0.6 is 0 Å². The van der Waals surface area contributed by atoms with E-state index in [-0.39, 0.29) is 6.10 Å². The first-order valence-electron chi connectivity index (χ1n) is 8.06. The first kappa shape index (κ1) is 14.6. The van der Waals surface area contributed by atoms with Crippen LogP contribution in [0.3, 0.4) is 0 Å². The Balaban J connectivity index is 1.84. The standard InChI is InChI=1S/C18H28O/c1-2-7-16-10-6-11-17(14-16)18(19)13-12-15-8-4-3-5-9-15/h6,10-11,14-15,18-19H,2-5,7-9,12-13H2,1H3. The molecule has 0 aromatic heterocycles. The number of rotatable bonds is 6. The molecular weight excluding hydrogens is 232 g/mol. The van der Waals surface area contributed by atoms with Crippen molar-refractivity contribution in [1.82, 2.24) is 0 Å². The maximum atomic E-state index is 10.3. The largest absolute Gasteiger partial charge is 0.388 e. The van der Waals surface area contributed by atoms with Crippen LogP contribution in [0.1, 0.15) is 75.5 Å². The Labute approximate surface area is 118 Å². The molecule has 2 rings (SSSR count). The molecule has 106 valence electrons. The SMILES string of the molecule is CCCc1cccc(C(O)CCC2CCCCC2)c1. The molecule has 1 heteroatoms.